The SMILES string of the molecule is CC12C=CC(C)(O1)[C@@]1(N)C(=O)N(c3ccc(C#N)c(C(F)(F)F)c3)C(=O)C21. The number of rotatable bonds is 1. The number of alkyl halides is 3. The number of halogens is 3. The Hall–Kier alpha value is -2.70. The van der Waals surface area contributed by atoms with E-state index in [0.717, 1.165) is 12.1 Å². The molecular formula is C18H14F3N3O3. The van der Waals surface area contributed by atoms with E-state index in [9.17, 15) is 22.8 Å². The number of ether oxygens (including phenoxy) is 1. The Balaban J connectivity index is 1.86. The maximum absolute atomic E-state index is 13.3. The first-order chi connectivity index (χ1) is 12.4. The first kappa shape index (κ1) is 17.7. The van der Waals surface area contributed by atoms with Crippen LogP contribution in [-0.4, -0.2) is 28.6 Å². The molecule has 2 bridgehead atoms. The summed E-state index contributed by atoms with van der Waals surface area (Å²) in [6.45, 7) is 3.19. The average Bonchev–Trinajstić information content (AvgIpc) is 3.07. The van der Waals surface area contributed by atoms with Crippen molar-refractivity contribution in [1.29, 1.82) is 5.26 Å². The summed E-state index contributed by atoms with van der Waals surface area (Å²) in [6.07, 6.45) is -1.56. The van der Waals surface area contributed by atoms with Crippen molar-refractivity contribution in [2.24, 2.45) is 11.7 Å². The van der Waals surface area contributed by atoms with Crippen molar-refractivity contribution >= 4 is 17.5 Å². The molecule has 0 saturated carbocycles. The van der Waals surface area contributed by atoms with Crippen molar-refractivity contribution in [3.8, 4) is 6.07 Å². The molecule has 2 fully saturated rings. The lowest BCUT2D eigenvalue weighted by Gasteiger charge is -2.34. The zero-order valence-corrected chi connectivity index (χ0v) is 14.3. The van der Waals surface area contributed by atoms with Crippen molar-refractivity contribution in [2.75, 3.05) is 4.90 Å². The fraction of sp³-hybridized carbons (Fsp3) is 0.389. The van der Waals surface area contributed by atoms with Crippen LogP contribution in [0.15, 0.2) is 30.4 Å². The number of fused-ring (bicyclic) bond motifs is 5. The highest BCUT2D eigenvalue weighted by Gasteiger charge is 2.78. The molecule has 0 spiro atoms. The minimum atomic E-state index is -4.81. The molecule has 3 heterocycles. The first-order valence-electron chi connectivity index (χ1n) is 8.08. The number of nitriles is 1. The summed E-state index contributed by atoms with van der Waals surface area (Å²) in [4.78, 5) is 26.8. The van der Waals surface area contributed by atoms with Gasteiger partial charge in [-0.3, -0.25) is 9.59 Å². The maximum atomic E-state index is 13.3. The lowest BCUT2D eigenvalue weighted by Crippen LogP contribution is -2.64. The third kappa shape index (κ3) is 1.91. The first-order valence-corrected chi connectivity index (χ1v) is 8.08. The molecule has 1 aromatic rings. The van der Waals surface area contributed by atoms with Gasteiger partial charge in [0.15, 0.2) is 0 Å². The predicted molar refractivity (Wildman–Crippen MR) is 86.1 cm³/mol. The summed E-state index contributed by atoms with van der Waals surface area (Å²) >= 11 is 0. The van der Waals surface area contributed by atoms with Gasteiger partial charge < -0.3 is 10.5 Å². The Labute approximate surface area is 152 Å². The van der Waals surface area contributed by atoms with Crippen LogP contribution in [0.2, 0.25) is 0 Å². The highest BCUT2D eigenvalue weighted by molar-refractivity contribution is 6.27. The van der Waals surface area contributed by atoms with E-state index in [1.165, 1.54) is 6.07 Å². The molecule has 3 aliphatic heterocycles. The summed E-state index contributed by atoms with van der Waals surface area (Å²) < 4.78 is 45.6. The highest BCUT2D eigenvalue weighted by atomic mass is 19.4. The van der Waals surface area contributed by atoms with E-state index in [4.69, 9.17) is 15.7 Å². The van der Waals surface area contributed by atoms with Crippen molar-refractivity contribution in [2.45, 2.75) is 36.8 Å². The number of carbonyl (C=O) groups is 2. The van der Waals surface area contributed by atoms with Crippen LogP contribution in [0, 0.1) is 17.2 Å². The number of nitrogens with two attached hydrogens (primary N) is 1. The quantitative estimate of drug-likeness (QED) is 0.595. The smallest absolute Gasteiger partial charge is 0.358 e. The van der Waals surface area contributed by atoms with Gasteiger partial charge in [-0.15, -0.1) is 0 Å². The molecule has 0 aromatic heterocycles. The number of hydrogen-bond donors (Lipinski definition) is 1. The third-order valence-corrected chi connectivity index (χ3v) is 5.73. The van der Waals surface area contributed by atoms with E-state index in [2.05, 4.69) is 0 Å². The lowest BCUT2D eigenvalue weighted by molar-refractivity contribution is -0.138. The summed E-state index contributed by atoms with van der Waals surface area (Å²) in [5.41, 5.74) is 0.165. The van der Waals surface area contributed by atoms with Gasteiger partial charge in [0, 0.05) is 0 Å². The number of benzene rings is 1. The summed E-state index contributed by atoms with van der Waals surface area (Å²) in [7, 11) is 0. The van der Waals surface area contributed by atoms with Gasteiger partial charge in [-0.25, -0.2) is 4.90 Å². The number of imide groups is 1. The van der Waals surface area contributed by atoms with Crippen LogP contribution in [0.1, 0.15) is 25.0 Å². The largest absolute Gasteiger partial charge is 0.417 e. The predicted octanol–water partition coefficient (Wildman–Crippen LogP) is 1.88. The van der Waals surface area contributed by atoms with Gasteiger partial charge in [0.1, 0.15) is 17.1 Å². The van der Waals surface area contributed by atoms with E-state index in [1.807, 2.05) is 0 Å². The Morgan fingerprint density at radius 2 is 1.93 bits per heavy atom. The normalized spacial score (nSPS) is 37.1. The molecule has 3 unspecified atom stereocenters. The molecular weight excluding hydrogens is 363 g/mol. The molecule has 6 nitrogen and oxygen atoms in total. The van der Waals surface area contributed by atoms with Crippen LogP contribution in [0.5, 0.6) is 0 Å². The van der Waals surface area contributed by atoms with E-state index >= 15 is 0 Å². The number of carbonyl (C=O) groups excluding carboxylic acids is 2. The van der Waals surface area contributed by atoms with Crippen LogP contribution in [0.3, 0.4) is 0 Å². The number of hydrogen-bond acceptors (Lipinski definition) is 5. The fourth-order valence-corrected chi connectivity index (χ4v) is 4.40. The Kier molecular flexibility index (Phi) is 3.13. The molecule has 0 aliphatic carbocycles. The van der Waals surface area contributed by atoms with Crippen LogP contribution in [0.4, 0.5) is 18.9 Å². The number of nitrogens with zero attached hydrogens (tertiary/aromatic N) is 2. The minimum absolute atomic E-state index is 0.276. The van der Waals surface area contributed by atoms with Crippen molar-refractivity contribution < 1.29 is 27.5 Å². The summed E-state index contributed by atoms with van der Waals surface area (Å²) in [6, 6.07) is 4.15. The van der Waals surface area contributed by atoms with Gasteiger partial charge in [-0.05, 0) is 32.0 Å². The molecule has 0 radical (unpaired) electrons. The third-order valence-electron chi connectivity index (χ3n) is 5.73. The molecule has 140 valence electrons. The molecule has 2 N–H and O–H groups in total. The lowest BCUT2D eigenvalue weighted by atomic mass is 9.68. The van der Waals surface area contributed by atoms with Crippen LogP contribution in [-0.2, 0) is 20.5 Å². The maximum Gasteiger partial charge on any atom is 0.417 e. The van der Waals surface area contributed by atoms with Crippen LogP contribution in [0.25, 0.3) is 0 Å². The molecule has 1 aromatic carbocycles. The van der Waals surface area contributed by atoms with Gasteiger partial charge in [0.05, 0.1) is 28.5 Å². The van der Waals surface area contributed by atoms with Crippen molar-refractivity contribution in [1.82, 2.24) is 0 Å². The van der Waals surface area contributed by atoms with E-state index in [1.54, 1.807) is 26.0 Å². The zero-order valence-electron chi connectivity index (χ0n) is 14.3. The van der Waals surface area contributed by atoms with Crippen LogP contribution >= 0.6 is 0 Å². The minimum Gasteiger partial charge on any atom is -0.358 e. The second-order valence-electron chi connectivity index (χ2n) is 7.35. The molecule has 3 aliphatic rings. The molecule has 2 amide bonds. The number of anilines is 1. The summed E-state index contributed by atoms with van der Waals surface area (Å²) in [5.74, 6) is -2.61. The van der Waals surface area contributed by atoms with Gasteiger partial charge >= 0.3 is 6.18 Å². The van der Waals surface area contributed by atoms with Crippen LogP contribution < -0.4 is 10.6 Å². The monoisotopic (exact) mass is 377 g/mol. The van der Waals surface area contributed by atoms with E-state index < -0.39 is 51.8 Å². The van der Waals surface area contributed by atoms with Crippen molar-refractivity contribution in [3.05, 3.63) is 41.5 Å². The Morgan fingerprint density at radius 3 is 2.48 bits per heavy atom. The fourth-order valence-electron chi connectivity index (χ4n) is 4.40. The second kappa shape index (κ2) is 4.77. The molecule has 2 saturated heterocycles. The second-order valence-corrected chi connectivity index (χ2v) is 7.35. The molecule has 4 rings (SSSR count). The van der Waals surface area contributed by atoms with E-state index in [-0.39, 0.29) is 5.69 Å². The Morgan fingerprint density at radius 1 is 1.26 bits per heavy atom. The van der Waals surface area contributed by atoms with Gasteiger partial charge in [-0.1, -0.05) is 12.2 Å². The molecule has 27 heavy (non-hydrogen) atoms. The van der Waals surface area contributed by atoms with Gasteiger partial charge in [0.25, 0.3) is 5.91 Å². The highest BCUT2D eigenvalue weighted by Crippen LogP contribution is 2.58. The van der Waals surface area contributed by atoms with Gasteiger partial charge in [0.2, 0.25) is 5.91 Å². The average molecular weight is 377 g/mol. The van der Waals surface area contributed by atoms with Crippen molar-refractivity contribution in [3.63, 3.8) is 0 Å². The Bertz CT molecular complexity index is 982. The standard InChI is InChI=1S/C18H14F3N3O3/c1-15-5-6-16(2,27-15)17(23)12(15)13(25)24(14(17)26)10-4-3-9(8-22)11(7-10)18(19,20)21/h3-7,12H,23H2,1-2H3/t12?,15?,16?,17-/m0/s1. The number of amides is 2. The van der Waals surface area contributed by atoms with Gasteiger partial charge in [-0.2, -0.15) is 18.4 Å². The zero-order chi connectivity index (χ0) is 20.0. The molecule has 9 heteroatoms. The molecule has 4 atom stereocenters. The van der Waals surface area contributed by atoms with E-state index in [0.29, 0.717) is 11.0 Å². The summed E-state index contributed by atoms with van der Waals surface area (Å²) in [5, 5.41) is 8.92. The topological polar surface area (TPSA) is 96.4 Å².